The number of benzene rings is 2. The lowest BCUT2D eigenvalue weighted by atomic mass is 9.59. The lowest BCUT2D eigenvalue weighted by molar-refractivity contribution is -0.147. The standard InChI is InChI=1S/C28H26N2O8/c1-30(2)17-11-16(22(32)12-6-4-3-5-7-12)23(33)20-15(17)9-13-8-14-10-18(31)21(27(29)37)26(36)28(14,38)25(35)19(13)24(20)34/h3-7,11,13-14,33-34,36,38H,8-10H2,1-2H3,(H2,29,37)/t13-,14+,28+/m1/s1. The Hall–Kier alpha value is -4.44. The quantitative estimate of drug-likeness (QED) is 0.298. The monoisotopic (exact) mass is 518 g/mol. The van der Waals surface area contributed by atoms with E-state index in [2.05, 4.69) is 0 Å². The molecule has 1 amide bonds. The molecule has 1 fully saturated rings. The van der Waals surface area contributed by atoms with E-state index in [9.17, 15) is 39.6 Å². The number of aliphatic hydroxyl groups excluding tert-OH is 2. The van der Waals surface area contributed by atoms with Crippen molar-refractivity contribution in [1.29, 1.82) is 0 Å². The molecular formula is C28H26N2O8. The van der Waals surface area contributed by atoms with Crippen molar-refractivity contribution in [3.8, 4) is 5.75 Å². The van der Waals surface area contributed by atoms with Gasteiger partial charge in [-0.25, -0.2) is 0 Å². The molecule has 0 unspecified atom stereocenters. The second-order valence-electron chi connectivity index (χ2n) is 10.1. The van der Waals surface area contributed by atoms with Crippen molar-refractivity contribution in [3.05, 3.63) is 75.6 Å². The fourth-order valence-corrected chi connectivity index (χ4v) is 5.99. The molecule has 0 spiro atoms. The molecule has 0 aliphatic heterocycles. The predicted octanol–water partition coefficient (Wildman–Crippen LogP) is 1.72. The molecule has 0 saturated heterocycles. The molecule has 38 heavy (non-hydrogen) atoms. The van der Waals surface area contributed by atoms with Gasteiger partial charge in [-0.3, -0.25) is 19.2 Å². The van der Waals surface area contributed by atoms with E-state index in [1.54, 1.807) is 49.3 Å². The smallest absolute Gasteiger partial charge is 0.255 e. The van der Waals surface area contributed by atoms with E-state index < -0.39 is 70.0 Å². The second kappa shape index (κ2) is 8.56. The summed E-state index contributed by atoms with van der Waals surface area (Å²) < 4.78 is 0. The molecule has 3 atom stereocenters. The van der Waals surface area contributed by atoms with Gasteiger partial charge in [0, 0.05) is 43.3 Å². The van der Waals surface area contributed by atoms with E-state index in [0.29, 0.717) is 16.8 Å². The first-order valence-electron chi connectivity index (χ1n) is 12.0. The highest BCUT2D eigenvalue weighted by molar-refractivity contribution is 6.23. The highest BCUT2D eigenvalue weighted by Gasteiger charge is 2.60. The zero-order chi connectivity index (χ0) is 27.7. The van der Waals surface area contributed by atoms with Crippen LogP contribution in [0.2, 0.25) is 0 Å². The summed E-state index contributed by atoms with van der Waals surface area (Å²) in [4.78, 5) is 53.0. The number of carbonyl (C=O) groups is 4. The highest BCUT2D eigenvalue weighted by atomic mass is 16.3. The van der Waals surface area contributed by atoms with Gasteiger partial charge >= 0.3 is 0 Å². The van der Waals surface area contributed by atoms with Gasteiger partial charge in [0.2, 0.25) is 5.78 Å². The van der Waals surface area contributed by atoms with Crippen LogP contribution in [0.1, 0.15) is 39.9 Å². The van der Waals surface area contributed by atoms with Crippen LogP contribution in [0.3, 0.4) is 0 Å². The molecule has 2 aromatic carbocycles. The van der Waals surface area contributed by atoms with Crippen LogP contribution >= 0.6 is 0 Å². The van der Waals surface area contributed by atoms with Gasteiger partial charge in [-0.1, -0.05) is 30.3 Å². The van der Waals surface area contributed by atoms with Crippen LogP contribution in [-0.2, 0) is 20.8 Å². The normalized spacial score (nSPS) is 24.5. The van der Waals surface area contributed by atoms with Gasteiger partial charge in [-0.15, -0.1) is 0 Å². The summed E-state index contributed by atoms with van der Waals surface area (Å²) in [5, 5.41) is 44.7. The maximum Gasteiger partial charge on any atom is 0.255 e. The van der Waals surface area contributed by atoms with Gasteiger partial charge in [0.15, 0.2) is 17.2 Å². The zero-order valence-electron chi connectivity index (χ0n) is 20.7. The molecule has 0 heterocycles. The van der Waals surface area contributed by atoms with Crippen LogP contribution in [-0.4, -0.2) is 63.4 Å². The summed E-state index contributed by atoms with van der Waals surface area (Å²) in [6.07, 6.45) is -0.214. The number of nitrogens with zero attached hydrogens (tertiary/aromatic N) is 1. The third-order valence-electron chi connectivity index (χ3n) is 7.80. The van der Waals surface area contributed by atoms with E-state index >= 15 is 0 Å². The predicted molar refractivity (Wildman–Crippen MR) is 136 cm³/mol. The Morgan fingerprint density at radius 1 is 1.05 bits per heavy atom. The molecule has 3 aliphatic carbocycles. The Balaban J connectivity index is 1.73. The first-order chi connectivity index (χ1) is 17.9. The molecule has 5 rings (SSSR count). The van der Waals surface area contributed by atoms with Gasteiger partial charge in [-0.05, 0) is 30.4 Å². The number of fused-ring (bicyclic) bond motifs is 3. The zero-order valence-corrected chi connectivity index (χ0v) is 20.7. The first-order valence-corrected chi connectivity index (χ1v) is 12.0. The van der Waals surface area contributed by atoms with Crippen LogP contribution in [0, 0.1) is 11.8 Å². The summed E-state index contributed by atoms with van der Waals surface area (Å²) in [6.45, 7) is 0. The molecule has 0 aromatic heterocycles. The fraction of sp³-hybridized carbons (Fsp3) is 0.286. The summed E-state index contributed by atoms with van der Waals surface area (Å²) >= 11 is 0. The van der Waals surface area contributed by atoms with Gasteiger partial charge in [-0.2, -0.15) is 0 Å². The number of amides is 1. The SMILES string of the molecule is CN(C)c1cc(C(=O)c2ccccc2)c(O)c2c1C[C@H]1C[C@H]3CC(=O)C(C(N)=O)=C(O)[C@@]3(O)C(=O)C1=C2O. The fourth-order valence-electron chi connectivity index (χ4n) is 5.99. The Morgan fingerprint density at radius 3 is 2.32 bits per heavy atom. The number of primary amides is 1. The summed E-state index contributed by atoms with van der Waals surface area (Å²) in [5.74, 6) is -7.65. The van der Waals surface area contributed by atoms with E-state index in [1.807, 2.05) is 0 Å². The summed E-state index contributed by atoms with van der Waals surface area (Å²) in [7, 11) is 3.47. The molecule has 1 saturated carbocycles. The maximum atomic E-state index is 13.7. The number of aliphatic hydroxyl groups is 3. The molecular weight excluding hydrogens is 492 g/mol. The van der Waals surface area contributed by atoms with Crippen molar-refractivity contribution in [2.45, 2.75) is 24.9 Å². The van der Waals surface area contributed by atoms with Crippen LogP contribution in [0.25, 0.3) is 5.76 Å². The molecule has 2 aromatic rings. The molecule has 0 radical (unpaired) electrons. The van der Waals surface area contributed by atoms with E-state index in [-0.39, 0.29) is 29.5 Å². The van der Waals surface area contributed by atoms with Gasteiger partial charge < -0.3 is 31.1 Å². The molecule has 10 nitrogen and oxygen atoms in total. The number of phenolic OH excluding ortho intramolecular Hbond substituents is 1. The maximum absolute atomic E-state index is 13.7. The summed E-state index contributed by atoms with van der Waals surface area (Å²) in [6, 6.07) is 9.78. The summed E-state index contributed by atoms with van der Waals surface area (Å²) in [5.41, 5.74) is 2.59. The molecule has 0 bridgehead atoms. The highest BCUT2D eigenvalue weighted by Crippen LogP contribution is 2.53. The number of ketones is 3. The third kappa shape index (κ3) is 3.37. The Morgan fingerprint density at radius 2 is 1.71 bits per heavy atom. The van der Waals surface area contributed by atoms with Crippen LogP contribution in [0.4, 0.5) is 5.69 Å². The number of Topliss-reactive ketones (excluding diaryl/α,β-unsaturated/α-hetero) is 2. The van der Waals surface area contributed by atoms with Crippen molar-refractivity contribution in [3.63, 3.8) is 0 Å². The average molecular weight is 519 g/mol. The number of carbonyl (C=O) groups excluding carboxylic acids is 4. The lowest BCUT2D eigenvalue weighted by Crippen LogP contribution is -2.58. The molecule has 3 aliphatic rings. The molecule has 10 heteroatoms. The number of hydrogen-bond acceptors (Lipinski definition) is 9. The minimum Gasteiger partial charge on any atom is -0.508 e. The topological polar surface area (TPSA) is 178 Å². The van der Waals surface area contributed by atoms with Crippen molar-refractivity contribution in [2.75, 3.05) is 19.0 Å². The van der Waals surface area contributed by atoms with Crippen molar-refractivity contribution < 1.29 is 39.6 Å². The third-order valence-corrected chi connectivity index (χ3v) is 7.80. The number of nitrogens with two attached hydrogens (primary N) is 1. The van der Waals surface area contributed by atoms with Crippen molar-refractivity contribution >= 4 is 34.7 Å². The minimum atomic E-state index is -2.65. The van der Waals surface area contributed by atoms with Gasteiger partial charge in [0.05, 0.1) is 11.1 Å². The van der Waals surface area contributed by atoms with E-state index in [0.717, 1.165) is 0 Å². The number of aromatic hydroxyl groups is 1. The second-order valence-corrected chi connectivity index (χ2v) is 10.1. The average Bonchev–Trinajstić information content (AvgIpc) is 2.86. The number of hydrogen-bond donors (Lipinski definition) is 5. The van der Waals surface area contributed by atoms with Gasteiger partial charge in [0.1, 0.15) is 22.8 Å². The number of phenols is 1. The van der Waals surface area contributed by atoms with E-state index in [4.69, 9.17) is 5.73 Å². The Kier molecular flexibility index (Phi) is 5.68. The van der Waals surface area contributed by atoms with Crippen molar-refractivity contribution in [1.82, 2.24) is 0 Å². The number of rotatable bonds is 4. The van der Waals surface area contributed by atoms with E-state index in [1.165, 1.54) is 6.07 Å². The first kappa shape index (κ1) is 25.2. The largest absolute Gasteiger partial charge is 0.508 e. The lowest BCUT2D eigenvalue weighted by Gasteiger charge is -2.46. The van der Waals surface area contributed by atoms with Gasteiger partial charge in [0.25, 0.3) is 5.91 Å². The Labute approximate surface area is 217 Å². The molecule has 196 valence electrons. The van der Waals surface area contributed by atoms with Crippen LogP contribution < -0.4 is 10.6 Å². The van der Waals surface area contributed by atoms with Crippen LogP contribution in [0.15, 0.2) is 53.3 Å². The Bertz CT molecular complexity index is 1500. The van der Waals surface area contributed by atoms with Crippen molar-refractivity contribution in [2.24, 2.45) is 17.6 Å². The number of anilines is 1. The van der Waals surface area contributed by atoms with Crippen LogP contribution in [0.5, 0.6) is 5.75 Å². The molecule has 6 N–H and O–H groups in total. The minimum absolute atomic E-state index is 0.0290.